The smallest absolute Gasteiger partial charge is 0.326 e. The average molecular weight is 383 g/mol. The quantitative estimate of drug-likeness (QED) is 0.469. The van der Waals surface area contributed by atoms with Crippen molar-refractivity contribution in [3.05, 3.63) is 11.6 Å². The van der Waals surface area contributed by atoms with E-state index >= 15 is 0 Å². The highest BCUT2D eigenvalue weighted by Crippen LogP contribution is 2.23. The Morgan fingerprint density at radius 3 is 2.33 bits per heavy atom. The predicted molar refractivity (Wildman–Crippen MR) is 102 cm³/mol. The van der Waals surface area contributed by atoms with Crippen LogP contribution in [0.3, 0.4) is 0 Å². The lowest BCUT2D eigenvalue weighted by Crippen LogP contribution is -2.57. The van der Waals surface area contributed by atoms with Crippen LogP contribution in [0.4, 0.5) is 0 Å². The largest absolute Gasteiger partial charge is 0.480 e. The number of amides is 2. The van der Waals surface area contributed by atoms with Crippen LogP contribution in [-0.2, 0) is 19.1 Å². The fraction of sp³-hybridized carbons (Fsp3) is 0.737. The number of hydrogen-bond donors (Lipinski definition) is 4. The van der Waals surface area contributed by atoms with Crippen molar-refractivity contribution < 1.29 is 24.2 Å². The normalized spacial score (nSPS) is 23.7. The molecule has 1 rings (SSSR count). The minimum absolute atomic E-state index is 0.0282. The number of hydrogen-bond acceptors (Lipinski definition) is 5. The highest BCUT2D eigenvalue weighted by molar-refractivity contribution is 5.96. The van der Waals surface area contributed by atoms with Gasteiger partial charge < -0.3 is 26.2 Å². The first-order chi connectivity index (χ1) is 12.6. The molecule has 27 heavy (non-hydrogen) atoms. The van der Waals surface area contributed by atoms with Crippen LogP contribution in [-0.4, -0.2) is 53.2 Å². The lowest BCUT2D eigenvalue weighted by Gasteiger charge is -2.37. The first-order valence-electron chi connectivity index (χ1n) is 9.53. The molecule has 0 unspecified atom stereocenters. The number of carbonyl (C=O) groups excluding carboxylic acids is 2. The maximum absolute atomic E-state index is 12.6. The molecule has 0 aliphatic heterocycles. The Labute approximate surface area is 160 Å². The van der Waals surface area contributed by atoms with Crippen LogP contribution < -0.4 is 16.4 Å². The van der Waals surface area contributed by atoms with E-state index in [1.165, 1.54) is 6.92 Å². The highest BCUT2D eigenvalue weighted by atomic mass is 16.5. The number of rotatable bonds is 9. The van der Waals surface area contributed by atoms with Crippen LogP contribution in [0.25, 0.3) is 0 Å². The molecular weight excluding hydrogens is 350 g/mol. The minimum Gasteiger partial charge on any atom is -0.480 e. The predicted octanol–water partition coefficient (Wildman–Crippen LogP) is 0.948. The Morgan fingerprint density at radius 1 is 1.30 bits per heavy atom. The summed E-state index contributed by atoms with van der Waals surface area (Å²) in [5.74, 6) is -2.03. The summed E-state index contributed by atoms with van der Waals surface area (Å²) >= 11 is 0. The third-order valence-corrected chi connectivity index (χ3v) is 4.78. The van der Waals surface area contributed by atoms with Gasteiger partial charge in [-0.1, -0.05) is 27.7 Å². The second-order valence-corrected chi connectivity index (χ2v) is 7.36. The van der Waals surface area contributed by atoms with Gasteiger partial charge in [-0.15, -0.1) is 0 Å². The van der Waals surface area contributed by atoms with E-state index in [0.29, 0.717) is 5.57 Å². The van der Waals surface area contributed by atoms with Crippen LogP contribution >= 0.6 is 0 Å². The van der Waals surface area contributed by atoms with Gasteiger partial charge in [-0.2, -0.15) is 0 Å². The van der Waals surface area contributed by atoms with Gasteiger partial charge in [-0.3, -0.25) is 9.59 Å². The molecule has 0 spiro atoms. The number of nitrogens with one attached hydrogen (secondary N) is 2. The van der Waals surface area contributed by atoms with E-state index in [1.807, 2.05) is 13.8 Å². The number of carbonyl (C=O) groups is 3. The monoisotopic (exact) mass is 383 g/mol. The van der Waals surface area contributed by atoms with Crippen LogP contribution in [0.5, 0.6) is 0 Å². The van der Waals surface area contributed by atoms with Crippen molar-refractivity contribution in [2.45, 2.75) is 84.2 Å². The van der Waals surface area contributed by atoms with Gasteiger partial charge in [0.15, 0.2) is 0 Å². The molecule has 0 radical (unpaired) electrons. The number of nitrogens with two attached hydrogens (primary N) is 1. The molecule has 0 bridgehead atoms. The number of ether oxygens (including phenoxy) is 1. The molecule has 1 aliphatic carbocycles. The fourth-order valence-electron chi connectivity index (χ4n) is 3.16. The highest BCUT2D eigenvalue weighted by Gasteiger charge is 2.36. The van der Waals surface area contributed by atoms with Crippen LogP contribution in [0.2, 0.25) is 0 Å². The van der Waals surface area contributed by atoms with Gasteiger partial charge in [0.05, 0.1) is 18.2 Å². The molecule has 8 nitrogen and oxygen atoms in total. The van der Waals surface area contributed by atoms with E-state index in [2.05, 4.69) is 10.6 Å². The van der Waals surface area contributed by atoms with Crippen molar-refractivity contribution in [3.63, 3.8) is 0 Å². The van der Waals surface area contributed by atoms with Gasteiger partial charge in [-0.25, -0.2) is 4.79 Å². The molecule has 0 aromatic rings. The summed E-state index contributed by atoms with van der Waals surface area (Å²) in [6.45, 7) is 8.87. The van der Waals surface area contributed by atoms with E-state index in [-0.39, 0.29) is 24.3 Å². The van der Waals surface area contributed by atoms with Gasteiger partial charge in [0.25, 0.3) is 0 Å². The maximum Gasteiger partial charge on any atom is 0.326 e. The van der Waals surface area contributed by atoms with Crippen LogP contribution in [0.1, 0.15) is 53.9 Å². The summed E-state index contributed by atoms with van der Waals surface area (Å²) in [4.78, 5) is 35.5. The number of carboxylic acid groups (broad SMARTS) is 1. The molecule has 0 aromatic carbocycles. The van der Waals surface area contributed by atoms with Crippen molar-refractivity contribution in [1.29, 1.82) is 0 Å². The molecule has 1 aliphatic rings. The summed E-state index contributed by atoms with van der Waals surface area (Å²) in [6.07, 6.45) is 2.89. The third kappa shape index (κ3) is 6.62. The van der Waals surface area contributed by atoms with E-state index < -0.39 is 36.1 Å². The molecule has 5 N–H and O–H groups in total. The molecule has 154 valence electrons. The van der Waals surface area contributed by atoms with Crippen molar-refractivity contribution in [2.75, 3.05) is 0 Å². The van der Waals surface area contributed by atoms with Crippen LogP contribution in [0.15, 0.2) is 11.6 Å². The molecule has 2 amide bonds. The Kier molecular flexibility index (Phi) is 8.92. The summed E-state index contributed by atoms with van der Waals surface area (Å²) in [7, 11) is 0. The van der Waals surface area contributed by atoms with Gasteiger partial charge in [0, 0.05) is 18.5 Å². The Bertz CT molecular complexity index is 572. The first kappa shape index (κ1) is 23.1. The SMILES string of the molecule is CCC(CC)O[C@@H]1C=C(C(=O)N[C@@H](C(=O)O)C(C)C)C[C@H](N)[C@H]1NC(C)=O. The summed E-state index contributed by atoms with van der Waals surface area (Å²) < 4.78 is 6.09. The molecule has 4 atom stereocenters. The van der Waals surface area contributed by atoms with Gasteiger partial charge in [-0.05, 0) is 31.3 Å². The standard InChI is InChI=1S/C19H33N3O5/c1-6-13(7-2)27-15-9-12(8-14(20)17(15)21-11(5)23)18(24)22-16(10(3)4)19(25)26/h9-10,13-17H,6-8,20H2,1-5H3,(H,21,23)(H,22,24)(H,25,26)/t14-,15+,16+,17+/m0/s1. The molecule has 0 aromatic heterocycles. The molecule has 0 fully saturated rings. The Balaban J connectivity index is 3.07. The minimum atomic E-state index is -1.08. The zero-order valence-electron chi connectivity index (χ0n) is 16.8. The van der Waals surface area contributed by atoms with Crippen molar-refractivity contribution >= 4 is 17.8 Å². The van der Waals surface area contributed by atoms with E-state index in [4.69, 9.17) is 10.5 Å². The van der Waals surface area contributed by atoms with Crippen molar-refractivity contribution in [1.82, 2.24) is 10.6 Å². The lowest BCUT2D eigenvalue weighted by atomic mass is 9.87. The summed E-state index contributed by atoms with van der Waals surface area (Å²) in [5.41, 5.74) is 6.60. The maximum atomic E-state index is 12.6. The lowest BCUT2D eigenvalue weighted by molar-refractivity contribution is -0.142. The zero-order valence-corrected chi connectivity index (χ0v) is 16.8. The van der Waals surface area contributed by atoms with Gasteiger partial charge in [0.1, 0.15) is 6.04 Å². The van der Waals surface area contributed by atoms with Gasteiger partial charge in [0.2, 0.25) is 11.8 Å². The molecule has 0 saturated carbocycles. The van der Waals surface area contributed by atoms with E-state index in [0.717, 1.165) is 12.8 Å². The van der Waals surface area contributed by atoms with E-state index in [9.17, 15) is 19.5 Å². The number of aliphatic carboxylic acids is 1. The van der Waals surface area contributed by atoms with E-state index in [1.54, 1.807) is 19.9 Å². The average Bonchev–Trinajstić information content (AvgIpc) is 2.58. The second kappa shape index (κ2) is 10.4. The molecule has 0 heterocycles. The summed E-state index contributed by atoms with van der Waals surface area (Å²) in [5, 5.41) is 14.7. The summed E-state index contributed by atoms with van der Waals surface area (Å²) in [6, 6.07) is -1.94. The number of carboxylic acids is 1. The topological polar surface area (TPSA) is 131 Å². The second-order valence-electron chi connectivity index (χ2n) is 7.36. The van der Waals surface area contributed by atoms with Crippen molar-refractivity contribution in [2.24, 2.45) is 11.7 Å². The van der Waals surface area contributed by atoms with Crippen LogP contribution in [0, 0.1) is 5.92 Å². The Morgan fingerprint density at radius 2 is 1.89 bits per heavy atom. The van der Waals surface area contributed by atoms with Gasteiger partial charge >= 0.3 is 5.97 Å². The molecule has 8 heteroatoms. The zero-order chi connectivity index (χ0) is 20.7. The first-order valence-corrected chi connectivity index (χ1v) is 9.53. The molecule has 0 saturated heterocycles. The molecular formula is C19H33N3O5. The Hall–Kier alpha value is -1.93. The third-order valence-electron chi connectivity index (χ3n) is 4.78. The fourth-order valence-corrected chi connectivity index (χ4v) is 3.16. The van der Waals surface area contributed by atoms with Crippen molar-refractivity contribution in [3.8, 4) is 0 Å².